The molecule has 0 aliphatic carbocycles. The molecule has 172 valence electrons. The molecule has 1 atom stereocenters. The smallest absolute Gasteiger partial charge is 0.222 e. The highest BCUT2D eigenvalue weighted by Gasteiger charge is 2.26. The first-order chi connectivity index (χ1) is 15.5. The highest BCUT2D eigenvalue weighted by atomic mass is 19.1. The summed E-state index contributed by atoms with van der Waals surface area (Å²) in [4.78, 5) is 21.7. The fraction of sp³-hybridized carbons (Fsp3) is 0.370. The zero-order valence-electron chi connectivity index (χ0n) is 19.4. The Morgan fingerprint density at radius 1 is 1.28 bits per heavy atom. The summed E-state index contributed by atoms with van der Waals surface area (Å²) in [5.41, 5.74) is 4.23. The fourth-order valence-corrected chi connectivity index (χ4v) is 3.81. The van der Waals surface area contributed by atoms with E-state index in [9.17, 15) is 9.18 Å². The molecule has 2 aromatic rings. The number of aliphatic imine (C=N–C) groups is 1. The number of carbonyl (C=O) groups excluding carboxylic acids is 1. The second-order valence-corrected chi connectivity index (χ2v) is 7.90. The van der Waals surface area contributed by atoms with Gasteiger partial charge in [0.05, 0.1) is 5.71 Å². The largest absolute Gasteiger partial charge is 0.339 e. The Hall–Kier alpha value is -3.08. The van der Waals surface area contributed by atoms with Crippen LogP contribution in [0.25, 0.3) is 0 Å². The van der Waals surface area contributed by atoms with E-state index in [4.69, 9.17) is 0 Å². The standard InChI is InChI=1S/C17H17FN2.C10H17NO.H2/c1-13(11-14-3-5-16(18)6-4-14)12-17(19-2)15-7-9-20-10-8-15;1-3-6-9-7-5-8-11(9)10(12)4-2;/h3-10,12H,11H2,1-2H3;3,9H,1,4-8H2,2H3;1H/b13-12+,19-17?;;/t;9-;/m.1./s1. The molecular weight excluding hydrogens is 401 g/mol. The normalized spacial score (nSPS) is 16.4. The molecule has 0 spiro atoms. The van der Waals surface area contributed by atoms with Gasteiger partial charge >= 0.3 is 0 Å². The molecule has 4 nitrogen and oxygen atoms in total. The van der Waals surface area contributed by atoms with Crippen molar-refractivity contribution in [3.63, 3.8) is 0 Å². The number of allylic oxidation sites excluding steroid dienone is 2. The molecule has 1 amide bonds. The molecule has 5 heteroatoms. The first-order valence-electron chi connectivity index (χ1n) is 11.2. The summed E-state index contributed by atoms with van der Waals surface area (Å²) >= 11 is 0. The second kappa shape index (κ2) is 13.4. The Morgan fingerprint density at radius 2 is 1.97 bits per heavy atom. The summed E-state index contributed by atoms with van der Waals surface area (Å²) in [5, 5.41) is 0. The molecule has 2 heterocycles. The summed E-state index contributed by atoms with van der Waals surface area (Å²) < 4.78 is 12.9. The second-order valence-electron chi connectivity index (χ2n) is 7.90. The molecule has 1 aliphatic heterocycles. The number of benzene rings is 1. The molecule has 0 saturated carbocycles. The summed E-state index contributed by atoms with van der Waals surface area (Å²) in [7, 11) is 1.78. The van der Waals surface area contributed by atoms with Gasteiger partial charge in [0.15, 0.2) is 0 Å². The lowest BCUT2D eigenvalue weighted by Crippen LogP contribution is -2.34. The molecule has 0 N–H and O–H groups in total. The van der Waals surface area contributed by atoms with Crippen LogP contribution in [-0.2, 0) is 11.2 Å². The van der Waals surface area contributed by atoms with Crippen LogP contribution < -0.4 is 0 Å². The molecule has 1 aromatic heterocycles. The average Bonchev–Trinajstić information content (AvgIpc) is 3.28. The molecule has 32 heavy (non-hydrogen) atoms. The van der Waals surface area contributed by atoms with E-state index in [1.807, 2.05) is 42.2 Å². The van der Waals surface area contributed by atoms with E-state index in [2.05, 4.69) is 29.6 Å². The van der Waals surface area contributed by atoms with Crippen molar-refractivity contribution in [2.24, 2.45) is 4.99 Å². The summed E-state index contributed by atoms with van der Waals surface area (Å²) in [6, 6.07) is 10.9. The first-order valence-corrected chi connectivity index (χ1v) is 11.2. The monoisotopic (exact) mass is 437 g/mol. The van der Waals surface area contributed by atoms with Gasteiger partial charge in [-0.3, -0.25) is 14.8 Å². The van der Waals surface area contributed by atoms with Crippen LogP contribution in [0.4, 0.5) is 4.39 Å². The Labute approximate surface area is 193 Å². The molecule has 0 unspecified atom stereocenters. The van der Waals surface area contributed by atoms with Crippen molar-refractivity contribution in [3.05, 3.63) is 90.0 Å². The maximum atomic E-state index is 12.9. The Kier molecular flexibility index (Phi) is 10.5. The number of aromatic nitrogens is 1. The van der Waals surface area contributed by atoms with Crippen molar-refractivity contribution in [2.45, 2.75) is 52.0 Å². The zero-order valence-corrected chi connectivity index (χ0v) is 19.4. The van der Waals surface area contributed by atoms with Gasteiger partial charge in [-0.25, -0.2) is 4.39 Å². The van der Waals surface area contributed by atoms with Crippen LogP contribution in [0.2, 0.25) is 0 Å². The van der Waals surface area contributed by atoms with Crippen LogP contribution >= 0.6 is 0 Å². The lowest BCUT2D eigenvalue weighted by atomic mass is 10.0. The number of carbonyl (C=O) groups is 1. The Balaban J connectivity index is 0.000000361. The van der Waals surface area contributed by atoms with Crippen LogP contribution in [0.15, 0.2) is 78.1 Å². The third kappa shape index (κ3) is 7.88. The van der Waals surface area contributed by atoms with E-state index in [0.29, 0.717) is 18.4 Å². The number of rotatable bonds is 7. The maximum absolute atomic E-state index is 12.9. The van der Waals surface area contributed by atoms with E-state index in [1.165, 1.54) is 17.7 Å². The molecule has 0 radical (unpaired) electrons. The van der Waals surface area contributed by atoms with Crippen molar-refractivity contribution < 1.29 is 10.6 Å². The molecule has 0 bridgehead atoms. The predicted octanol–water partition coefficient (Wildman–Crippen LogP) is 6.04. The van der Waals surface area contributed by atoms with Crippen molar-refractivity contribution in [1.82, 2.24) is 9.88 Å². The third-order valence-corrected chi connectivity index (χ3v) is 5.44. The van der Waals surface area contributed by atoms with Gasteiger partial charge in [-0.1, -0.05) is 30.7 Å². The number of halogens is 1. The van der Waals surface area contributed by atoms with Crippen molar-refractivity contribution in [3.8, 4) is 0 Å². The van der Waals surface area contributed by atoms with Crippen LogP contribution in [-0.4, -0.2) is 41.1 Å². The van der Waals surface area contributed by atoms with Gasteiger partial charge in [-0.05, 0) is 68.5 Å². The molecular formula is C27H36FN3O. The quantitative estimate of drug-likeness (QED) is 0.392. The highest BCUT2D eigenvalue weighted by molar-refractivity contribution is 6.08. The van der Waals surface area contributed by atoms with Crippen LogP contribution in [0.3, 0.4) is 0 Å². The van der Waals surface area contributed by atoms with E-state index in [0.717, 1.165) is 49.1 Å². The number of pyridine rings is 1. The van der Waals surface area contributed by atoms with E-state index < -0.39 is 0 Å². The number of hydrogen-bond donors (Lipinski definition) is 0. The topological polar surface area (TPSA) is 45.6 Å². The van der Waals surface area contributed by atoms with Gasteiger partial charge in [0, 0.05) is 45.4 Å². The zero-order chi connectivity index (χ0) is 23.3. The van der Waals surface area contributed by atoms with Crippen LogP contribution in [0, 0.1) is 5.82 Å². The number of amides is 1. The molecule has 1 aromatic carbocycles. The van der Waals surface area contributed by atoms with E-state index >= 15 is 0 Å². The van der Waals surface area contributed by atoms with E-state index in [1.54, 1.807) is 19.4 Å². The summed E-state index contributed by atoms with van der Waals surface area (Å²) in [6.07, 6.45) is 12.1. The maximum Gasteiger partial charge on any atom is 0.222 e. The highest BCUT2D eigenvalue weighted by Crippen LogP contribution is 2.20. The molecule has 3 rings (SSSR count). The molecule has 1 fully saturated rings. The van der Waals surface area contributed by atoms with Crippen LogP contribution in [0.1, 0.15) is 52.1 Å². The third-order valence-electron chi connectivity index (χ3n) is 5.44. The van der Waals surface area contributed by atoms with Crippen molar-refractivity contribution in [1.29, 1.82) is 0 Å². The number of likely N-dealkylation sites (tertiary alicyclic amines) is 1. The Morgan fingerprint density at radius 3 is 2.56 bits per heavy atom. The summed E-state index contributed by atoms with van der Waals surface area (Å²) in [5.74, 6) is 0.0855. The van der Waals surface area contributed by atoms with Gasteiger partial charge in [-0.2, -0.15) is 0 Å². The van der Waals surface area contributed by atoms with Crippen molar-refractivity contribution in [2.75, 3.05) is 13.6 Å². The van der Waals surface area contributed by atoms with E-state index in [-0.39, 0.29) is 7.24 Å². The van der Waals surface area contributed by atoms with Crippen molar-refractivity contribution >= 4 is 11.6 Å². The molecule has 1 aliphatic rings. The summed E-state index contributed by atoms with van der Waals surface area (Å²) in [6.45, 7) is 8.63. The fourth-order valence-electron chi connectivity index (χ4n) is 3.81. The SMILES string of the molecule is C=CC[C@@H]1CCCN1C(=O)CC.CN=C(/C=C(\C)Cc1ccc(F)cc1)c1ccncc1.[HH]. The lowest BCUT2D eigenvalue weighted by Gasteiger charge is -2.22. The Bertz CT molecular complexity index is 926. The molecule has 1 saturated heterocycles. The van der Waals surface area contributed by atoms with Crippen LogP contribution in [0.5, 0.6) is 0 Å². The predicted molar refractivity (Wildman–Crippen MR) is 133 cm³/mol. The lowest BCUT2D eigenvalue weighted by molar-refractivity contribution is -0.131. The van der Waals surface area contributed by atoms with Gasteiger partial charge in [0.25, 0.3) is 0 Å². The first kappa shape index (κ1) is 25.2. The minimum absolute atomic E-state index is 0. The number of hydrogen-bond acceptors (Lipinski definition) is 3. The average molecular weight is 438 g/mol. The minimum atomic E-state index is -0.206. The van der Waals surface area contributed by atoms with Gasteiger partial charge < -0.3 is 4.90 Å². The van der Waals surface area contributed by atoms with Gasteiger partial charge in [0.2, 0.25) is 5.91 Å². The van der Waals surface area contributed by atoms with Gasteiger partial charge in [0.1, 0.15) is 5.82 Å². The number of nitrogens with zero attached hydrogens (tertiary/aromatic N) is 3. The minimum Gasteiger partial charge on any atom is -0.339 e. The van der Waals surface area contributed by atoms with Gasteiger partial charge in [-0.15, -0.1) is 6.58 Å².